The molecule has 1 atom stereocenters. The highest BCUT2D eigenvalue weighted by molar-refractivity contribution is 5.92. The van der Waals surface area contributed by atoms with Gasteiger partial charge in [0.05, 0.1) is 40.7 Å². The summed E-state index contributed by atoms with van der Waals surface area (Å²) in [6.45, 7) is 0.569. The minimum absolute atomic E-state index is 0.138. The van der Waals surface area contributed by atoms with E-state index in [2.05, 4.69) is 0 Å². The smallest absolute Gasteiger partial charge is 0.290 e. The highest BCUT2D eigenvalue weighted by Gasteiger charge is 2.34. The summed E-state index contributed by atoms with van der Waals surface area (Å²) in [6, 6.07) is 13.0. The van der Waals surface area contributed by atoms with Crippen molar-refractivity contribution in [2.45, 2.75) is 18.9 Å². The highest BCUT2D eigenvalue weighted by Crippen LogP contribution is 2.40. The molecule has 3 aromatic rings. The number of rotatable bonds is 7. The lowest BCUT2D eigenvalue weighted by Gasteiger charge is -2.37. The molecule has 2 heterocycles. The Morgan fingerprint density at radius 2 is 1.62 bits per heavy atom. The Kier molecular flexibility index (Phi) is 6.25. The molecule has 0 saturated heterocycles. The van der Waals surface area contributed by atoms with E-state index in [0.29, 0.717) is 48.1 Å². The largest absolute Gasteiger partial charge is 0.493 e. The molecule has 0 bridgehead atoms. The first-order valence-corrected chi connectivity index (χ1v) is 10.4. The molecule has 1 aromatic heterocycles. The second-order valence-corrected chi connectivity index (χ2v) is 7.54. The third-order valence-corrected chi connectivity index (χ3v) is 5.87. The van der Waals surface area contributed by atoms with Crippen LogP contribution in [0.4, 0.5) is 0 Å². The number of nitrogens with zero attached hydrogens (tertiary/aromatic N) is 1. The molecule has 0 radical (unpaired) electrons. The van der Waals surface area contributed by atoms with Crippen LogP contribution >= 0.6 is 0 Å². The summed E-state index contributed by atoms with van der Waals surface area (Å²) in [7, 11) is 6.46. The lowest BCUT2D eigenvalue weighted by molar-refractivity contribution is 0.0626. The third-order valence-electron chi connectivity index (χ3n) is 5.87. The van der Waals surface area contributed by atoms with Crippen molar-refractivity contribution in [2.24, 2.45) is 0 Å². The average Bonchev–Trinajstić information content (AvgIpc) is 3.37. The van der Waals surface area contributed by atoms with Crippen LogP contribution in [0.3, 0.4) is 0 Å². The molecule has 0 aliphatic carbocycles. The molecule has 1 aliphatic heterocycles. The molecule has 0 N–H and O–H groups in total. The van der Waals surface area contributed by atoms with Gasteiger partial charge >= 0.3 is 0 Å². The van der Waals surface area contributed by atoms with E-state index in [9.17, 15) is 4.79 Å². The Hall–Kier alpha value is -3.61. The van der Waals surface area contributed by atoms with E-state index in [0.717, 1.165) is 16.7 Å². The molecule has 0 fully saturated rings. The predicted molar refractivity (Wildman–Crippen MR) is 119 cm³/mol. The predicted octanol–water partition coefficient (Wildman–Crippen LogP) is 4.30. The van der Waals surface area contributed by atoms with E-state index in [1.807, 2.05) is 35.2 Å². The average molecular weight is 437 g/mol. The van der Waals surface area contributed by atoms with Crippen LogP contribution in [0.1, 0.15) is 33.3 Å². The molecule has 1 aliphatic rings. The van der Waals surface area contributed by atoms with E-state index in [-0.39, 0.29) is 11.9 Å². The van der Waals surface area contributed by atoms with Crippen molar-refractivity contribution in [3.8, 4) is 23.0 Å². The summed E-state index contributed by atoms with van der Waals surface area (Å²) in [6.07, 6.45) is 2.82. The molecule has 168 valence electrons. The molecule has 32 heavy (non-hydrogen) atoms. The summed E-state index contributed by atoms with van der Waals surface area (Å²) in [5.41, 5.74) is 3.19. The fourth-order valence-corrected chi connectivity index (χ4v) is 4.26. The maximum atomic E-state index is 13.3. The minimum atomic E-state index is -0.214. The Morgan fingerprint density at radius 3 is 2.28 bits per heavy atom. The zero-order valence-electron chi connectivity index (χ0n) is 18.7. The van der Waals surface area contributed by atoms with Crippen molar-refractivity contribution < 1.29 is 28.2 Å². The van der Waals surface area contributed by atoms with Gasteiger partial charge in [-0.25, -0.2) is 0 Å². The highest BCUT2D eigenvalue weighted by atomic mass is 16.5. The lowest BCUT2D eigenvalue weighted by Crippen LogP contribution is -2.41. The molecule has 1 amide bonds. The number of ether oxygens (including phenoxy) is 4. The van der Waals surface area contributed by atoms with Crippen LogP contribution in [-0.2, 0) is 12.8 Å². The second-order valence-electron chi connectivity index (χ2n) is 7.54. The topological polar surface area (TPSA) is 70.4 Å². The summed E-state index contributed by atoms with van der Waals surface area (Å²) in [5.74, 6) is 2.82. The Balaban J connectivity index is 1.77. The van der Waals surface area contributed by atoms with Gasteiger partial charge in [-0.15, -0.1) is 0 Å². The van der Waals surface area contributed by atoms with Crippen molar-refractivity contribution in [2.75, 3.05) is 35.0 Å². The fourth-order valence-electron chi connectivity index (χ4n) is 4.26. The van der Waals surface area contributed by atoms with Crippen LogP contribution in [0.25, 0.3) is 0 Å². The zero-order valence-corrected chi connectivity index (χ0v) is 18.7. The van der Waals surface area contributed by atoms with Crippen molar-refractivity contribution in [1.29, 1.82) is 0 Å². The van der Waals surface area contributed by atoms with Crippen LogP contribution in [-0.4, -0.2) is 45.8 Å². The summed E-state index contributed by atoms with van der Waals surface area (Å²) in [5, 5.41) is 0. The standard InChI is InChI=1S/C25H27NO6/c1-28-20-8-7-16(13-22(20)29-2)12-19-18-15-24(31-4)23(30-3)14-17(18)9-10-26(19)25(27)21-6-5-11-32-21/h5-8,11,13-15,19H,9-10,12H2,1-4H3/t19-/m1/s1. The SMILES string of the molecule is COc1ccc(C[C@@H]2c3cc(OC)c(OC)cc3CCN2C(=O)c2ccco2)cc1OC. The van der Waals surface area contributed by atoms with Crippen LogP contribution in [0.2, 0.25) is 0 Å². The number of benzene rings is 2. The molecule has 7 nitrogen and oxygen atoms in total. The number of methoxy groups -OCH3 is 4. The quantitative estimate of drug-likeness (QED) is 0.549. The number of amides is 1. The monoisotopic (exact) mass is 437 g/mol. The molecule has 0 spiro atoms. The number of hydrogen-bond donors (Lipinski definition) is 0. The Morgan fingerprint density at radius 1 is 0.938 bits per heavy atom. The van der Waals surface area contributed by atoms with Crippen LogP contribution in [0.15, 0.2) is 53.1 Å². The van der Waals surface area contributed by atoms with Crippen LogP contribution in [0, 0.1) is 0 Å². The first-order valence-electron chi connectivity index (χ1n) is 10.4. The zero-order chi connectivity index (χ0) is 22.7. The number of hydrogen-bond acceptors (Lipinski definition) is 6. The van der Waals surface area contributed by atoms with E-state index >= 15 is 0 Å². The lowest BCUT2D eigenvalue weighted by atomic mass is 9.87. The summed E-state index contributed by atoms with van der Waals surface area (Å²) >= 11 is 0. The normalized spacial score (nSPS) is 15.1. The maximum absolute atomic E-state index is 13.3. The number of fused-ring (bicyclic) bond motifs is 1. The Labute approximate surface area is 187 Å². The van der Waals surface area contributed by atoms with E-state index in [4.69, 9.17) is 23.4 Å². The molecular formula is C25H27NO6. The number of carbonyl (C=O) groups is 1. The number of carbonyl (C=O) groups excluding carboxylic acids is 1. The minimum Gasteiger partial charge on any atom is -0.493 e. The van der Waals surface area contributed by atoms with E-state index < -0.39 is 0 Å². The number of furan rings is 1. The van der Waals surface area contributed by atoms with E-state index in [1.54, 1.807) is 40.6 Å². The Bertz CT molecular complexity index is 1090. The van der Waals surface area contributed by atoms with Gasteiger partial charge in [0, 0.05) is 6.54 Å². The van der Waals surface area contributed by atoms with Crippen molar-refractivity contribution in [3.63, 3.8) is 0 Å². The summed E-state index contributed by atoms with van der Waals surface area (Å²) in [4.78, 5) is 15.2. The van der Waals surface area contributed by atoms with Gasteiger partial charge in [-0.2, -0.15) is 0 Å². The van der Waals surface area contributed by atoms with E-state index in [1.165, 1.54) is 6.26 Å². The molecule has 0 saturated carbocycles. The first kappa shape index (κ1) is 21.6. The van der Waals surface area contributed by atoms with Crippen LogP contribution < -0.4 is 18.9 Å². The van der Waals surface area contributed by atoms with Gasteiger partial charge in [-0.1, -0.05) is 6.07 Å². The fraction of sp³-hybridized carbons (Fsp3) is 0.320. The molecule has 0 unspecified atom stereocenters. The van der Waals surface area contributed by atoms with Gasteiger partial charge < -0.3 is 28.3 Å². The molecule has 4 rings (SSSR count). The molecule has 2 aromatic carbocycles. The van der Waals surface area contributed by atoms with Crippen molar-refractivity contribution >= 4 is 5.91 Å². The van der Waals surface area contributed by atoms with Gasteiger partial charge in [0.25, 0.3) is 5.91 Å². The second kappa shape index (κ2) is 9.26. The maximum Gasteiger partial charge on any atom is 0.290 e. The third kappa shape index (κ3) is 3.98. The summed E-state index contributed by atoms with van der Waals surface area (Å²) < 4.78 is 27.3. The van der Waals surface area contributed by atoms with Crippen LogP contribution in [0.5, 0.6) is 23.0 Å². The van der Waals surface area contributed by atoms with Crippen molar-refractivity contribution in [1.82, 2.24) is 4.90 Å². The van der Waals surface area contributed by atoms with Gasteiger partial charge in [0.15, 0.2) is 28.8 Å². The van der Waals surface area contributed by atoms with Gasteiger partial charge in [0.1, 0.15) is 0 Å². The molecule has 7 heteroatoms. The first-order chi connectivity index (χ1) is 15.6. The molecular weight excluding hydrogens is 410 g/mol. The van der Waals surface area contributed by atoms with Gasteiger partial charge in [0.2, 0.25) is 0 Å². The van der Waals surface area contributed by atoms with Gasteiger partial charge in [-0.05, 0) is 65.9 Å². The van der Waals surface area contributed by atoms with Gasteiger partial charge in [-0.3, -0.25) is 4.79 Å². The van der Waals surface area contributed by atoms with Crippen molar-refractivity contribution in [3.05, 3.63) is 71.2 Å².